The zero-order chi connectivity index (χ0) is 11.4. The molecular formula is C13H24N2O. The highest BCUT2D eigenvalue weighted by molar-refractivity contribution is 5.78. The third-order valence-corrected chi connectivity index (χ3v) is 4.18. The first-order chi connectivity index (χ1) is 7.75. The molecular weight excluding hydrogens is 200 g/mol. The van der Waals surface area contributed by atoms with E-state index in [0.29, 0.717) is 6.04 Å². The largest absolute Gasteiger partial charge is 0.356 e. The summed E-state index contributed by atoms with van der Waals surface area (Å²) >= 11 is 0. The van der Waals surface area contributed by atoms with E-state index in [2.05, 4.69) is 5.32 Å². The Bertz CT molecular complexity index is 228. The van der Waals surface area contributed by atoms with E-state index in [-0.39, 0.29) is 11.8 Å². The van der Waals surface area contributed by atoms with Gasteiger partial charge in [0.1, 0.15) is 0 Å². The SMILES string of the molecule is NC1CCC(C(=O)NCC2CCCC2)CC1. The van der Waals surface area contributed by atoms with Crippen LogP contribution in [-0.4, -0.2) is 18.5 Å². The molecule has 0 atom stereocenters. The van der Waals surface area contributed by atoms with Crippen LogP contribution >= 0.6 is 0 Å². The van der Waals surface area contributed by atoms with Crippen molar-refractivity contribution in [3.05, 3.63) is 0 Å². The monoisotopic (exact) mass is 224 g/mol. The van der Waals surface area contributed by atoms with Gasteiger partial charge in [0.25, 0.3) is 0 Å². The molecule has 3 heteroatoms. The zero-order valence-corrected chi connectivity index (χ0v) is 10.1. The molecule has 0 unspecified atom stereocenters. The molecule has 2 aliphatic carbocycles. The minimum Gasteiger partial charge on any atom is -0.356 e. The van der Waals surface area contributed by atoms with Gasteiger partial charge in [-0.15, -0.1) is 0 Å². The van der Waals surface area contributed by atoms with Gasteiger partial charge in [-0.05, 0) is 44.4 Å². The second kappa shape index (κ2) is 5.67. The fourth-order valence-corrected chi connectivity index (χ4v) is 2.99. The average Bonchev–Trinajstić information content (AvgIpc) is 2.80. The van der Waals surface area contributed by atoms with Crippen molar-refractivity contribution in [3.63, 3.8) is 0 Å². The third kappa shape index (κ3) is 3.21. The van der Waals surface area contributed by atoms with Crippen molar-refractivity contribution in [1.82, 2.24) is 5.32 Å². The van der Waals surface area contributed by atoms with Crippen molar-refractivity contribution in [3.8, 4) is 0 Å². The first-order valence-corrected chi connectivity index (χ1v) is 6.79. The summed E-state index contributed by atoms with van der Waals surface area (Å²) in [6.07, 6.45) is 9.29. The van der Waals surface area contributed by atoms with E-state index in [1.54, 1.807) is 0 Å². The fourth-order valence-electron chi connectivity index (χ4n) is 2.99. The van der Waals surface area contributed by atoms with E-state index in [1.807, 2.05) is 0 Å². The van der Waals surface area contributed by atoms with E-state index in [9.17, 15) is 4.79 Å². The van der Waals surface area contributed by atoms with Crippen molar-refractivity contribution in [2.24, 2.45) is 17.6 Å². The van der Waals surface area contributed by atoms with E-state index in [0.717, 1.165) is 38.1 Å². The first-order valence-electron chi connectivity index (χ1n) is 6.79. The molecule has 3 nitrogen and oxygen atoms in total. The second-order valence-corrected chi connectivity index (χ2v) is 5.51. The number of rotatable bonds is 3. The van der Waals surface area contributed by atoms with Crippen LogP contribution in [0.25, 0.3) is 0 Å². The summed E-state index contributed by atoms with van der Waals surface area (Å²) in [6.45, 7) is 0.904. The Morgan fingerprint density at radius 2 is 1.69 bits per heavy atom. The number of hydrogen-bond acceptors (Lipinski definition) is 2. The number of amides is 1. The molecule has 0 spiro atoms. The highest BCUT2D eigenvalue weighted by atomic mass is 16.1. The van der Waals surface area contributed by atoms with Crippen LogP contribution in [0, 0.1) is 11.8 Å². The van der Waals surface area contributed by atoms with Crippen LogP contribution in [0.2, 0.25) is 0 Å². The Kier molecular flexibility index (Phi) is 4.22. The Hall–Kier alpha value is -0.570. The van der Waals surface area contributed by atoms with Crippen molar-refractivity contribution in [1.29, 1.82) is 0 Å². The molecule has 0 aromatic carbocycles. The van der Waals surface area contributed by atoms with Crippen molar-refractivity contribution in [2.45, 2.75) is 57.4 Å². The van der Waals surface area contributed by atoms with E-state index in [4.69, 9.17) is 5.73 Å². The summed E-state index contributed by atoms with van der Waals surface area (Å²) in [5, 5.41) is 3.13. The lowest BCUT2D eigenvalue weighted by atomic mass is 9.86. The summed E-state index contributed by atoms with van der Waals surface area (Å²) in [4.78, 5) is 11.9. The maximum atomic E-state index is 11.9. The number of nitrogens with two attached hydrogens (primary N) is 1. The van der Waals surface area contributed by atoms with Gasteiger partial charge < -0.3 is 11.1 Å². The normalized spacial score (nSPS) is 31.6. The maximum absolute atomic E-state index is 11.9. The molecule has 0 saturated heterocycles. The van der Waals surface area contributed by atoms with Gasteiger partial charge in [0, 0.05) is 18.5 Å². The minimum absolute atomic E-state index is 0.237. The number of carbonyl (C=O) groups is 1. The van der Waals surface area contributed by atoms with Crippen LogP contribution in [0.15, 0.2) is 0 Å². The van der Waals surface area contributed by atoms with Gasteiger partial charge in [0.15, 0.2) is 0 Å². The number of carbonyl (C=O) groups excluding carboxylic acids is 1. The molecule has 0 aromatic rings. The zero-order valence-electron chi connectivity index (χ0n) is 10.1. The molecule has 2 fully saturated rings. The van der Waals surface area contributed by atoms with Gasteiger partial charge in [0.2, 0.25) is 5.91 Å². The summed E-state index contributed by atoms with van der Waals surface area (Å²) in [6, 6.07) is 0.332. The summed E-state index contributed by atoms with van der Waals surface area (Å²) in [5.74, 6) is 1.26. The molecule has 1 amide bonds. The van der Waals surface area contributed by atoms with Gasteiger partial charge in [-0.1, -0.05) is 12.8 Å². The Labute approximate surface area is 98.2 Å². The number of nitrogens with one attached hydrogen (secondary N) is 1. The van der Waals surface area contributed by atoms with Gasteiger partial charge in [-0.3, -0.25) is 4.79 Å². The lowest BCUT2D eigenvalue weighted by Crippen LogP contribution is -2.37. The summed E-state index contributed by atoms with van der Waals surface area (Å²) < 4.78 is 0. The quantitative estimate of drug-likeness (QED) is 0.768. The van der Waals surface area contributed by atoms with Crippen LogP contribution < -0.4 is 11.1 Å². The second-order valence-electron chi connectivity index (χ2n) is 5.51. The van der Waals surface area contributed by atoms with Gasteiger partial charge in [-0.25, -0.2) is 0 Å². The Morgan fingerprint density at radius 1 is 1.06 bits per heavy atom. The average molecular weight is 224 g/mol. The Morgan fingerprint density at radius 3 is 2.31 bits per heavy atom. The molecule has 0 bridgehead atoms. The van der Waals surface area contributed by atoms with Gasteiger partial charge >= 0.3 is 0 Å². The van der Waals surface area contributed by atoms with Crippen LogP contribution in [0.1, 0.15) is 51.4 Å². The van der Waals surface area contributed by atoms with E-state index < -0.39 is 0 Å². The predicted octanol–water partition coefficient (Wildman–Crippen LogP) is 1.81. The molecule has 2 rings (SSSR count). The molecule has 0 aromatic heterocycles. The lowest BCUT2D eigenvalue weighted by molar-refractivity contribution is -0.126. The van der Waals surface area contributed by atoms with E-state index >= 15 is 0 Å². The summed E-state index contributed by atoms with van der Waals surface area (Å²) in [7, 11) is 0. The lowest BCUT2D eigenvalue weighted by Gasteiger charge is -2.25. The highest BCUT2D eigenvalue weighted by Crippen LogP contribution is 2.25. The van der Waals surface area contributed by atoms with Crippen molar-refractivity contribution < 1.29 is 4.79 Å². The van der Waals surface area contributed by atoms with Crippen LogP contribution in [0.4, 0.5) is 0 Å². The van der Waals surface area contributed by atoms with Crippen molar-refractivity contribution in [2.75, 3.05) is 6.54 Å². The minimum atomic E-state index is 0.237. The van der Waals surface area contributed by atoms with Crippen LogP contribution in [0.3, 0.4) is 0 Å². The van der Waals surface area contributed by atoms with Gasteiger partial charge in [-0.2, -0.15) is 0 Å². The third-order valence-electron chi connectivity index (χ3n) is 4.18. The highest BCUT2D eigenvalue weighted by Gasteiger charge is 2.25. The van der Waals surface area contributed by atoms with Crippen LogP contribution in [-0.2, 0) is 4.79 Å². The molecule has 16 heavy (non-hydrogen) atoms. The molecule has 0 heterocycles. The predicted molar refractivity (Wildman–Crippen MR) is 64.9 cm³/mol. The van der Waals surface area contributed by atoms with Crippen LogP contribution in [0.5, 0.6) is 0 Å². The number of hydrogen-bond donors (Lipinski definition) is 2. The molecule has 2 aliphatic rings. The maximum Gasteiger partial charge on any atom is 0.223 e. The van der Waals surface area contributed by atoms with E-state index in [1.165, 1.54) is 25.7 Å². The molecule has 2 saturated carbocycles. The molecule has 92 valence electrons. The Balaban J connectivity index is 1.67. The standard InChI is InChI=1S/C13H24N2O/c14-12-7-5-11(6-8-12)13(16)15-9-10-3-1-2-4-10/h10-12H,1-9,14H2,(H,15,16). The smallest absolute Gasteiger partial charge is 0.223 e. The molecule has 0 aliphatic heterocycles. The first kappa shape index (κ1) is 11.9. The molecule has 3 N–H and O–H groups in total. The van der Waals surface area contributed by atoms with Crippen molar-refractivity contribution >= 4 is 5.91 Å². The van der Waals surface area contributed by atoms with Gasteiger partial charge in [0.05, 0.1) is 0 Å². The summed E-state index contributed by atoms with van der Waals surface area (Å²) in [5.41, 5.74) is 5.84. The fraction of sp³-hybridized carbons (Fsp3) is 0.923. The molecule has 0 radical (unpaired) electrons. The topological polar surface area (TPSA) is 55.1 Å².